The van der Waals surface area contributed by atoms with Gasteiger partial charge >= 0.3 is 0 Å². The molecule has 3 unspecified atom stereocenters. The zero-order chi connectivity index (χ0) is 13.0. The lowest BCUT2D eigenvalue weighted by molar-refractivity contribution is -0.127. The molecule has 1 amide bonds. The first kappa shape index (κ1) is 13.4. The van der Waals surface area contributed by atoms with Crippen LogP contribution < -0.4 is 5.32 Å². The smallest absolute Gasteiger partial charge is 0.226 e. The molecule has 0 spiro atoms. The third-order valence-corrected chi connectivity index (χ3v) is 3.69. The van der Waals surface area contributed by atoms with E-state index in [0.717, 1.165) is 12.0 Å². The maximum absolute atomic E-state index is 12.1. The molecule has 0 saturated carbocycles. The molecule has 1 aliphatic rings. The van der Waals surface area contributed by atoms with Crippen molar-refractivity contribution in [3.63, 3.8) is 0 Å². The summed E-state index contributed by atoms with van der Waals surface area (Å²) in [7, 11) is 0. The van der Waals surface area contributed by atoms with Gasteiger partial charge < -0.3 is 10.1 Å². The summed E-state index contributed by atoms with van der Waals surface area (Å²) in [6.45, 7) is 2.60. The molecule has 1 aliphatic heterocycles. The monoisotopic (exact) mass is 267 g/mol. The normalized spacial score (nSPS) is 24.8. The first-order chi connectivity index (χ1) is 8.72. The number of amides is 1. The Hall–Kier alpha value is -1.06. The zero-order valence-corrected chi connectivity index (χ0v) is 11.2. The van der Waals surface area contributed by atoms with E-state index >= 15 is 0 Å². The molecule has 0 bridgehead atoms. The topological polar surface area (TPSA) is 38.3 Å². The second-order valence-corrected chi connectivity index (χ2v) is 4.91. The Balaban J connectivity index is 2.00. The summed E-state index contributed by atoms with van der Waals surface area (Å²) in [6.07, 6.45) is 0.785. The Morgan fingerprint density at radius 2 is 2.22 bits per heavy atom. The van der Waals surface area contributed by atoms with Gasteiger partial charge in [0.1, 0.15) is 0 Å². The average molecular weight is 268 g/mol. The van der Waals surface area contributed by atoms with Crippen LogP contribution in [0.1, 0.15) is 24.9 Å². The van der Waals surface area contributed by atoms with Gasteiger partial charge in [-0.05, 0) is 18.9 Å². The SMILES string of the molecule is CC1OCCC1C(=O)NC(CCl)c1ccccc1. The molecule has 3 atom stereocenters. The summed E-state index contributed by atoms with van der Waals surface area (Å²) >= 11 is 5.94. The molecule has 1 aromatic rings. The van der Waals surface area contributed by atoms with Crippen LogP contribution in [-0.2, 0) is 9.53 Å². The molecule has 1 fully saturated rings. The third-order valence-electron chi connectivity index (χ3n) is 3.39. The van der Waals surface area contributed by atoms with Crippen LogP contribution in [0, 0.1) is 5.92 Å². The van der Waals surface area contributed by atoms with Crippen LogP contribution in [0.25, 0.3) is 0 Å². The van der Waals surface area contributed by atoms with Crippen molar-refractivity contribution in [2.45, 2.75) is 25.5 Å². The van der Waals surface area contributed by atoms with Crippen LogP contribution in [0.3, 0.4) is 0 Å². The number of hydrogen-bond acceptors (Lipinski definition) is 2. The highest BCUT2D eigenvalue weighted by Gasteiger charge is 2.31. The lowest BCUT2D eigenvalue weighted by atomic mass is 10.0. The van der Waals surface area contributed by atoms with E-state index in [9.17, 15) is 4.79 Å². The number of halogens is 1. The Bertz CT molecular complexity index is 396. The summed E-state index contributed by atoms with van der Waals surface area (Å²) in [6, 6.07) is 9.66. The van der Waals surface area contributed by atoms with Gasteiger partial charge in [-0.15, -0.1) is 11.6 Å². The number of alkyl halides is 1. The van der Waals surface area contributed by atoms with Gasteiger partial charge in [-0.25, -0.2) is 0 Å². The van der Waals surface area contributed by atoms with Crippen molar-refractivity contribution in [1.82, 2.24) is 5.32 Å². The zero-order valence-electron chi connectivity index (χ0n) is 10.4. The fourth-order valence-corrected chi connectivity index (χ4v) is 2.51. The average Bonchev–Trinajstić information content (AvgIpc) is 2.83. The number of benzene rings is 1. The van der Waals surface area contributed by atoms with Crippen LogP contribution >= 0.6 is 11.6 Å². The molecular formula is C14H18ClNO2. The van der Waals surface area contributed by atoms with Crippen LogP contribution in [0.4, 0.5) is 0 Å². The van der Waals surface area contributed by atoms with Crippen molar-refractivity contribution in [2.75, 3.05) is 12.5 Å². The molecule has 2 rings (SSSR count). The van der Waals surface area contributed by atoms with Gasteiger partial charge in [-0.1, -0.05) is 30.3 Å². The van der Waals surface area contributed by atoms with Gasteiger partial charge in [0.15, 0.2) is 0 Å². The van der Waals surface area contributed by atoms with E-state index in [1.54, 1.807) is 0 Å². The number of carbonyl (C=O) groups excluding carboxylic acids is 1. The second kappa shape index (κ2) is 6.21. The molecule has 0 aromatic heterocycles. The van der Waals surface area contributed by atoms with Crippen molar-refractivity contribution in [3.05, 3.63) is 35.9 Å². The third kappa shape index (κ3) is 3.03. The van der Waals surface area contributed by atoms with Gasteiger partial charge in [0.25, 0.3) is 0 Å². The summed E-state index contributed by atoms with van der Waals surface area (Å²) in [5, 5.41) is 3.00. The van der Waals surface area contributed by atoms with Crippen molar-refractivity contribution in [3.8, 4) is 0 Å². The Morgan fingerprint density at radius 1 is 1.50 bits per heavy atom. The minimum Gasteiger partial charge on any atom is -0.378 e. The van der Waals surface area contributed by atoms with Crippen LogP contribution in [0.15, 0.2) is 30.3 Å². The summed E-state index contributed by atoms with van der Waals surface area (Å²) < 4.78 is 5.41. The van der Waals surface area contributed by atoms with Crippen molar-refractivity contribution in [2.24, 2.45) is 5.92 Å². The highest BCUT2D eigenvalue weighted by molar-refractivity contribution is 6.18. The van der Waals surface area contributed by atoms with Gasteiger partial charge in [-0.3, -0.25) is 4.79 Å². The van der Waals surface area contributed by atoms with Crippen molar-refractivity contribution in [1.29, 1.82) is 0 Å². The quantitative estimate of drug-likeness (QED) is 0.852. The fraction of sp³-hybridized carbons (Fsp3) is 0.500. The van der Waals surface area contributed by atoms with E-state index in [1.807, 2.05) is 37.3 Å². The minimum atomic E-state index is -0.131. The van der Waals surface area contributed by atoms with Crippen LogP contribution in [0.2, 0.25) is 0 Å². The van der Waals surface area contributed by atoms with Gasteiger partial charge in [0, 0.05) is 12.5 Å². The first-order valence-corrected chi connectivity index (χ1v) is 6.78. The maximum atomic E-state index is 12.1. The van der Waals surface area contributed by atoms with Crippen molar-refractivity contribution < 1.29 is 9.53 Å². The molecule has 1 heterocycles. The van der Waals surface area contributed by atoms with Crippen molar-refractivity contribution >= 4 is 17.5 Å². The molecule has 1 aromatic carbocycles. The summed E-state index contributed by atoms with van der Waals surface area (Å²) in [4.78, 5) is 12.1. The molecule has 1 N–H and O–H groups in total. The number of ether oxygens (including phenoxy) is 1. The fourth-order valence-electron chi connectivity index (χ4n) is 2.25. The van der Waals surface area contributed by atoms with E-state index in [-0.39, 0.29) is 24.0 Å². The van der Waals surface area contributed by atoms with Gasteiger partial charge in [0.2, 0.25) is 5.91 Å². The van der Waals surface area contributed by atoms with E-state index in [4.69, 9.17) is 16.3 Å². The molecule has 18 heavy (non-hydrogen) atoms. The standard InChI is InChI=1S/C14H18ClNO2/c1-10-12(7-8-18-10)14(17)16-13(9-15)11-5-3-2-4-6-11/h2-6,10,12-13H,7-9H2,1H3,(H,16,17). The predicted molar refractivity (Wildman–Crippen MR) is 71.6 cm³/mol. The van der Waals surface area contributed by atoms with Gasteiger partial charge in [-0.2, -0.15) is 0 Å². The largest absolute Gasteiger partial charge is 0.378 e. The lowest BCUT2D eigenvalue weighted by Gasteiger charge is -2.20. The second-order valence-electron chi connectivity index (χ2n) is 4.60. The molecule has 3 nitrogen and oxygen atoms in total. The molecule has 98 valence electrons. The number of rotatable bonds is 4. The molecule has 0 radical (unpaired) electrons. The number of carbonyl (C=O) groups is 1. The summed E-state index contributed by atoms with van der Waals surface area (Å²) in [5.74, 6) is 0.353. The van der Waals surface area contributed by atoms with E-state index in [2.05, 4.69) is 5.32 Å². The molecule has 0 aliphatic carbocycles. The highest BCUT2D eigenvalue weighted by atomic mass is 35.5. The van der Waals surface area contributed by atoms with E-state index in [1.165, 1.54) is 0 Å². The Morgan fingerprint density at radius 3 is 2.78 bits per heavy atom. The Kier molecular flexibility index (Phi) is 4.61. The summed E-state index contributed by atoms with van der Waals surface area (Å²) in [5.41, 5.74) is 1.03. The minimum absolute atomic E-state index is 0.00301. The lowest BCUT2D eigenvalue weighted by Crippen LogP contribution is -2.37. The van der Waals surface area contributed by atoms with Crippen LogP contribution in [0.5, 0.6) is 0 Å². The molecular weight excluding hydrogens is 250 g/mol. The molecule has 4 heteroatoms. The van der Waals surface area contributed by atoms with E-state index in [0.29, 0.717) is 12.5 Å². The first-order valence-electron chi connectivity index (χ1n) is 6.25. The number of nitrogens with one attached hydrogen (secondary N) is 1. The predicted octanol–water partition coefficient (Wildman–Crippen LogP) is 2.51. The van der Waals surface area contributed by atoms with Crippen LogP contribution in [-0.4, -0.2) is 24.5 Å². The number of hydrogen-bond donors (Lipinski definition) is 1. The molecule has 1 saturated heterocycles. The highest BCUT2D eigenvalue weighted by Crippen LogP contribution is 2.22. The van der Waals surface area contributed by atoms with Gasteiger partial charge in [0.05, 0.1) is 18.1 Å². The maximum Gasteiger partial charge on any atom is 0.226 e. The van der Waals surface area contributed by atoms with E-state index < -0.39 is 0 Å². The Labute approximate surface area is 112 Å².